The maximum Gasteiger partial charge on any atom is 0.402 e. The number of rotatable bonds is 1. The van der Waals surface area contributed by atoms with Crippen LogP contribution in [0.25, 0.3) is 0 Å². The Balaban J connectivity index is 4.14. The molecule has 0 spiro atoms. The summed E-state index contributed by atoms with van der Waals surface area (Å²) in [4.78, 5) is 0. The molecule has 0 saturated heterocycles. The number of alkyl halides is 5. The lowest BCUT2D eigenvalue weighted by atomic mass is 10.7. The second-order valence-corrected chi connectivity index (χ2v) is 3.50. The molecule has 0 N–H and O–H groups in total. The minimum Gasteiger partial charge on any atom is -0.320 e. The minimum atomic E-state index is -3.72. The minimum absolute atomic E-state index is 0.752. The Morgan fingerprint density at radius 1 is 1.22 bits per heavy atom. The van der Waals surface area contributed by atoms with E-state index in [1.165, 1.54) is 0 Å². The Morgan fingerprint density at radius 3 is 1.56 bits per heavy atom. The Labute approximate surface area is 65.8 Å². The predicted molar refractivity (Wildman–Crippen MR) is 32.2 cm³/mol. The zero-order valence-electron chi connectivity index (χ0n) is 4.30. The van der Waals surface area contributed by atoms with E-state index in [0.717, 1.165) is 7.11 Å². The number of halogens is 5. The van der Waals surface area contributed by atoms with Gasteiger partial charge in [-0.1, -0.05) is 34.8 Å². The van der Waals surface area contributed by atoms with E-state index in [1.807, 2.05) is 0 Å². The van der Waals surface area contributed by atoms with Crippen LogP contribution < -0.4 is 0 Å². The van der Waals surface area contributed by atoms with Crippen molar-refractivity contribution in [3.8, 4) is 0 Å². The van der Waals surface area contributed by atoms with Gasteiger partial charge in [-0.05, 0) is 0 Å². The summed E-state index contributed by atoms with van der Waals surface area (Å²) in [5, 5.41) is 0. The maximum absolute atomic E-state index is 12.0. The van der Waals surface area contributed by atoms with Crippen LogP contribution in [0.2, 0.25) is 0 Å². The van der Waals surface area contributed by atoms with Gasteiger partial charge in [0.15, 0.2) is 0 Å². The normalized spacial score (nSPS) is 14.0. The van der Waals surface area contributed by atoms with Crippen LogP contribution in [0.5, 0.6) is 0 Å². The third-order valence-electron chi connectivity index (χ3n) is 0.586. The van der Waals surface area contributed by atoms with Crippen molar-refractivity contribution >= 4 is 34.8 Å². The summed E-state index contributed by atoms with van der Waals surface area (Å²) in [5.41, 5.74) is 0. The predicted octanol–water partition coefficient (Wildman–Crippen LogP) is 2.60. The summed E-state index contributed by atoms with van der Waals surface area (Å²) in [7, 11) is 0.752. The molecule has 0 heterocycles. The van der Waals surface area contributed by atoms with Crippen LogP contribution in [0.15, 0.2) is 0 Å². The van der Waals surface area contributed by atoms with E-state index in [0.29, 0.717) is 0 Å². The fraction of sp³-hybridized carbons (Fsp3) is 1.00. The summed E-state index contributed by atoms with van der Waals surface area (Å²) < 4.78 is 25.0. The molecule has 0 aromatic rings. The molecule has 0 aliphatic heterocycles. The highest BCUT2D eigenvalue weighted by atomic mass is 35.6. The SMILES string of the molecule is COC(F)(F)C(Cl)(Cl)Cl. The Hall–Kier alpha value is 0.690. The molecule has 0 amide bonds. The molecular formula is C3H3Cl3F2O. The van der Waals surface area contributed by atoms with E-state index in [9.17, 15) is 8.78 Å². The molecule has 0 aliphatic carbocycles. The highest BCUT2D eigenvalue weighted by molar-refractivity contribution is 6.68. The largest absolute Gasteiger partial charge is 0.402 e. The Bertz CT molecular complexity index is 99.7. The first-order valence-electron chi connectivity index (χ1n) is 1.81. The fourth-order valence-corrected chi connectivity index (χ4v) is 0.347. The highest BCUT2D eigenvalue weighted by Crippen LogP contribution is 2.42. The van der Waals surface area contributed by atoms with Crippen molar-refractivity contribution in [1.29, 1.82) is 0 Å². The zero-order chi connectivity index (χ0) is 7.71. The monoisotopic (exact) mass is 198 g/mol. The van der Waals surface area contributed by atoms with Crippen molar-refractivity contribution in [3.63, 3.8) is 0 Å². The van der Waals surface area contributed by atoms with Crippen LogP contribution in [0.1, 0.15) is 0 Å². The van der Waals surface area contributed by atoms with Crippen molar-refractivity contribution in [2.75, 3.05) is 7.11 Å². The van der Waals surface area contributed by atoms with Crippen molar-refractivity contribution < 1.29 is 13.5 Å². The van der Waals surface area contributed by atoms with Crippen molar-refractivity contribution in [2.24, 2.45) is 0 Å². The summed E-state index contributed by atoms with van der Waals surface area (Å²) in [6, 6.07) is 0. The Morgan fingerprint density at radius 2 is 1.56 bits per heavy atom. The highest BCUT2D eigenvalue weighted by Gasteiger charge is 2.51. The molecule has 0 unspecified atom stereocenters. The number of hydrogen-bond donors (Lipinski definition) is 0. The van der Waals surface area contributed by atoms with E-state index in [1.54, 1.807) is 0 Å². The molecule has 0 fully saturated rings. The Kier molecular flexibility index (Phi) is 2.95. The average Bonchev–Trinajstić information content (AvgIpc) is 1.64. The first-order chi connectivity index (χ1) is 3.81. The second-order valence-electron chi connectivity index (χ2n) is 1.22. The molecule has 0 bridgehead atoms. The van der Waals surface area contributed by atoms with Gasteiger partial charge in [-0.15, -0.1) is 0 Å². The van der Waals surface area contributed by atoms with Crippen LogP contribution in [-0.2, 0) is 4.74 Å². The van der Waals surface area contributed by atoms with Crippen molar-refractivity contribution in [2.45, 2.75) is 9.90 Å². The van der Waals surface area contributed by atoms with E-state index in [4.69, 9.17) is 34.8 Å². The summed E-state index contributed by atoms with van der Waals surface area (Å²) in [6.07, 6.45) is -3.72. The number of ether oxygens (including phenoxy) is 1. The molecule has 9 heavy (non-hydrogen) atoms. The van der Waals surface area contributed by atoms with E-state index >= 15 is 0 Å². The molecule has 56 valence electrons. The number of hydrogen-bond acceptors (Lipinski definition) is 1. The van der Waals surface area contributed by atoms with Gasteiger partial charge in [0, 0.05) is 7.11 Å². The fourth-order valence-electron chi connectivity index (χ4n) is 0.116. The smallest absolute Gasteiger partial charge is 0.320 e. The van der Waals surface area contributed by atoms with Crippen molar-refractivity contribution in [1.82, 2.24) is 0 Å². The summed E-state index contributed by atoms with van der Waals surface area (Å²) in [5.74, 6) is 0. The van der Waals surface area contributed by atoms with Crippen molar-refractivity contribution in [3.05, 3.63) is 0 Å². The van der Waals surface area contributed by atoms with Gasteiger partial charge in [0.1, 0.15) is 0 Å². The molecule has 0 atom stereocenters. The zero-order valence-corrected chi connectivity index (χ0v) is 6.57. The standard InChI is InChI=1S/C3H3Cl3F2O/c1-9-3(7,8)2(4,5)6/h1H3. The molecule has 0 rings (SSSR count). The lowest BCUT2D eigenvalue weighted by molar-refractivity contribution is -0.217. The third kappa shape index (κ3) is 2.42. The van der Waals surface area contributed by atoms with Gasteiger partial charge >= 0.3 is 6.11 Å². The lowest BCUT2D eigenvalue weighted by Crippen LogP contribution is -2.35. The molecule has 0 aromatic carbocycles. The average molecular weight is 199 g/mol. The number of methoxy groups -OCH3 is 1. The van der Waals surface area contributed by atoms with Gasteiger partial charge in [0.2, 0.25) is 0 Å². The van der Waals surface area contributed by atoms with Gasteiger partial charge < -0.3 is 4.74 Å². The van der Waals surface area contributed by atoms with Crippen LogP contribution in [-0.4, -0.2) is 17.0 Å². The molecule has 0 aromatic heterocycles. The lowest BCUT2D eigenvalue weighted by Gasteiger charge is -2.20. The van der Waals surface area contributed by atoms with Crippen LogP contribution in [0.4, 0.5) is 8.78 Å². The maximum atomic E-state index is 12.0. The van der Waals surface area contributed by atoms with Gasteiger partial charge in [-0.25, -0.2) is 0 Å². The van der Waals surface area contributed by atoms with Gasteiger partial charge in [0.05, 0.1) is 0 Å². The summed E-state index contributed by atoms with van der Waals surface area (Å²) >= 11 is 14.3. The van der Waals surface area contributed by atoms with Crippen LogP contribution in [0, 0.1) is 0 Å². The van der Waals surface area contributed by atoms with Crippen LogP contribution in [0.3, 0.4) is 0 Å². The van der Waals surface area contributed by atoms with E-state index in [-0.39, 0.29) is 0 Å². The molecule has 0 radical (unpaired) electrons. The van der Waals surface area contributed by atoms with E-state index in [2.05, 4.69) is 4.74 Å². The molecular weight excluding hydrogens is 196 g/mol. The second kappa shape index (κ2) is 2.74. The molecule has 1 nitrogen and oxygen atoms in total. The quantitative estimate of drug-likeness (QED) is 0.590. The van der Waals surface area contributed by atoms with Gasteiger partial charge in [0.25, 0.3) is 3.79 Å². The van der Waals surface area contributed by atoms with Crippen LogP contribution >= 0.6 is 34.8 Å². The van der Waals surface area contributed by atoms with Gasteiger partial charge in [-0.3, -0.25) is 0 Å². The first-order valence-corrected chi connectivity index (χ1v) is 2.94. The molecule has 0 aliphatic rings. The molecule has 6 heteroatoms. The van der Waals surface area contributed by atoms with Gasteiger partial charge in [-0.2, -0.15) is 8.78 Å². The van der Waals surface area contributed by atoms with E-state index < -0.39 is 9.90 Å². The first kappa shape index (κ1) is 9.69. The topological polar surface area (TPSA) is 9.23 Å². The third-order valence-corrected chi connectivity index (χ3v) is 1.25. The summed E-state index contributed by atoms with van der Waals surface area (Å²) in [6.45, 7) is 0. The molecule has 0 saturated carbocycles.